The molecule has 1 heterocycles. The van der Waals surface area contributed by atoms with Gasteiger partial charge in [-0.25, -0.2) is 4.79 Å². The van der Waals surface area contributed by atoms with Crippen LogP contribution in [0.1, 0.15) is 26.3 Å². The number of carbonyl (C=O) groups excluding carboxylic acids is 2. The first-order chi connectivity index (χ1) is 9.24. The second kappa shape index (κ2) is 5.32. The van der Waals surface area contributed by atoms with Gasteiger partial charge in [0.25, 0.3) is 0 Å². The summed E-state index contributed by atoms with van der Waals surface area (Å²) in [7, 11) is 0. The second-order valence-corrected chi connectivity index (χ2v) is 6.13. The van der Waals surface area contributed by atoms with Crippen molar-refractivity contribution in [3.05, 3.63) is 28.8 Å². The zero-order valence-corrected chi connectivity index (χ0v) is 12.4. The van der Waals surface area contributed by atoms with Crippen LogP contribution in [0.5, 0.6) is 0 Å². The van der Waals surface area contributed by atoms with E-state index in [1.807, 2.05) is 0 Å². The molecule has 1 aromatic carbocycles. The fourth-order valence-corrected chi connectivity index (χ4v) is 2.15. The summed E-state index contributed by atoms with van der Waals surface area (Å²) in [4.78, 5) is 23.6. The average molecular weight is 297 g/mol. The third-order valence-electron chi connectivity index (χ3n) is 2.76. The van der Waals surface area contributed by atoms with Crippen LogP contribution in [0.2, 0.25) is 5.02 Å². The number of amides is 2. The first kappa shape index (κ1) is 14.7. The zero-order chi connectivity index (χ0) is 14.9. The summed E-state index contributed by atoms with van der Waals surface area (Å²) in [5.41, 5.74) is 1.01. The van der Waals surface area contributed by atoms with Gasteiger partial charge in [0.2, 0.25) is 5.91 Å². The highest BCUT2D eigenvalue weighted by atomic mass is 35.5. The molecule has 0 aliphatic carbocycles. The molecule has 1 atom stereocenters. The van der Waals surface area contributed by atoms with Crippen molar-refractivity contribution in [2.45, 2.75) is 38.8 Å². The lowest BCUT2D eigenvalue weighted by atomic mass is 9.99. The lowest BCUT2D eigenvalue weighted by Gasteiger charge is -2.27. The molecule has 1 aromatic rings. The molecule has 20 heavy (non-hydrogen) atoms. The number of anilines is 1. The van der Waals surface area contributed by atoms with E-state index in [0.717, 1.165) is 11.3 Å². The molecule has 0 bridgehead atoms. The molecule has 0 spiro atoms. The first-order valence-corrected chi connectivity index (χ1v) is 6.71. The predicted molar refractivity (Wildman–Crippen MR) is 76.9 cm³/mol. The van der Waals surface area contributed by atoms with Gasteiger partial charge in [-0.3, -0.25) is 4.79 Å². The maximum absolute atomic E-state index is 11.9. The predicted octanol–water partition coefficient (Wildman–Crippen LogP) is 2.73. The first-order valence-electron chi connectivity index (χ1n) is 6.33. The van der Waals surface area contributed by atoms with E-state index in [0.29, 0.717) is 11.4 Å². The number of hydrogen-bond acceptors (Lipinski definition) is 3. The van der Waals surface area contributed by atoms with E-state index in [-0.39, 0.29) is 5.91 Å². The lowest BCUT2D eigenvalue weighted by molar-refractivity contribution is -0.118. The van der Waals surface area contributed by atoms with Crippen LogP contribution in [0.3, 0.4) is 0 Å². The Labute approximate surface area is 122 Å². The Morgan fingerprint density at radius 1 is 1.45 bits per heavy atom. The number of nitrogens with one attached hydrogen (secondary N) is 2. The number of rotatable bonds is 1. The average Bonchev–Trinajstić information content (AvgIpc) is 2.28. The molecule has 0 saturated heterocycles. The largest absolute Gasteiger partial charge is 0.444 e. The van der Waals surface area contributed by atoms with Crippen LogP contribution >= 0.6 is 11.6 Å². The van der Waals surface area contributed by atoms with Crippen molar-refractivity contribution in [2.75, 3.05) is 5.32 Å². The number of halogens is 1. The highest BCUT2D eigenvalue weighted by molar-refractivity contribution is 6.30. The third-order valence-corrected chi connectivity index (χ3v) is 2.99. The standard InChI is InChI=1S/C14H17ClN2O3/c1-14(2,3)20-13(19)17-11-7-8-6-9(15)4-5-10(8)16-12(11)18/h4-6,11H,7H2,1-3H3,(H,16,18)(H,17,19)/t11-/m1/s1. The van der Waals surface area contributed by atoms with Crippen molar-refractivity contribution < 1.29 is 14.3 Å². The number of alkyl carbamates (subject to hydrolysis) is 1. The molecule has 0 unspecified atom stereocenters. The number of benzene rings is 1. The zero-order valence-electron chi connectivity index (χ0n) is 11.6. The number of hydrogen-bond donors (Lipinski definition) is 2. The second-order valence-electron chi connectivity index (χ2n) is 5.69. The Morgan fingerprint density at radius 2 is 2.15 bits per heavy atom. The number of carbonyl (C=O) groups is 2. The molecule has 2 N–H and O–H groups in total. The fraction of sp³-hybridized carbons (Fsp3) is 0.429. The van der Waals surface area contributed by atoms with Gasteiger partial charge in [-0.2, -0.15) is 0 Å². The summed E-state index contributed by atoms with van der Waals surface area (Å²) in [6, 6.07) is 4.58. The van der Waals surface area contributed by atoms with Crippen molar-refractivity contribution >= 4 is 29.3 Å². The molecule has 0 aromatic heterocycles. The van der Waals surface area contributed by atoms with Gasteiger partial charge in [0.15, 0.2) is 0 Å². The van der Waals surface area contributed by atoms with Gasteiger partial charge in [-0.15, -0.1) is 0 Å². The van der Waals surface area contributed by atoms with Crippen LogP contribution in [0.4, 0.5) is 10.5 Å². The van der Waals surface area contributed by atoms with Gasteiger partial charge < -0.3 is 15.4 Å². The molecule has 5 nitrogen and oxygen atoms in total. The van der Waals surface area contributed by atoms with Gasteiger partial charge >= 0.3 is 6.09 Å². The third kappa shape index (κ3) is 3.63. The van der Waals surface area contributed by atoms with Crippen molar-refractivity contribution in [3.8, 4) is 0 Å². The highest BCUT2D eigenvalue weighted by Gasteiger charge is 2.29. The van der Waals surface area contributed by atoms with Crippen LogP contribution < -0.4 is 10.6 Å². The minimum atomic E-state index is -0.657. The molecule has 0 saturated carbocycles. The minimum absolute atomic E-state index is 0.259. The van der Waals surface area contributed by atoms with Crippen LogP contribution in [0.15, 0.2) is 18.2 Å². The molecular formula is C14H17ClN2O3. The molecule has 2 amide bonds. The Kier molecular flexibility index (Phi) is 3.90. The Morgan fingerprint density at radius 3 is 2.80 bits per heavy atom. The molecular weight excluding hydrogens is 280 g/mol. The van der Waals surface area contributed by atoms with Gasteiger partial charge in [-0.05, 0) is 44.5 Å². The van der Waals surface area contributed by atoms with Gasteiger partial charge in [0, 0.05) is 17.1 Å². The molecule has 1 aliphatic heterocycles. The highest BCUT2D eigenvalue weighted by Crippen LogP contribution is 2.25. The SMILES string of the molecule is CC(C)(C)OC(=O)N[C@@H]1Cc2cc(Cl)ccc2NC1=O. The number of ether oxygens (including phenoxy) is 1. The van der Waals surface area contributed by atoms with E-state index in [1.54, 1.807) is 39.0 Å². The van der Waals surface area contributed by atoms with Crippen molar-refractivity contribution in [1.82, 2.24) is 5.32 Å². The van der Waals surface area contributed by atoms with Crippen LogP contribution in [-0.2, 0) is 16.0 Å². The van der Waals surface area contributed by atoms with Crippen molar-refractivity contribution in [3.63, 3.8) is 0 Å². The maximum atomic E-state index is 11.9. The van der Waals surface area contributed by atoms with Crippen LogP contribution in [0.25, 0.3) is 0 Å². The summed E-state index contributed by atoms with van der Waals surface area (Å²) >= 11 is 5.93. The fourth-order valence-electron chi connectivity index (χ4n) is 1.95. The van der Waals surface area contributed by atoms with Crippen molar-refractivity contribution in [2.24, 2.45) is 0 Å². The van der Waals surface area contributed by atoms with Gasteiger partial charge in [0.1, 0.15) is 11.6 Å². The maximum Gasteiger partial charge on any atom is 0.408 e. The normalized spacial score (nSPS) is 18.0. The number of fused-ring (bicyclic) bond motifs is 1. The van der Waals surface area contributed by atoms with E-state index in [9.17, 15) is 9.59 Å². The quantitative estimate of drug-likeness (QED) is 0.837. The summed E-state index contributed by atoms with van der Waals surface area (Å²) in [5.74, 6) is -0.259. The van der Waals surface area contributed by atoms with E-state index in [2.05, 4.69) is 10.6 Å². The molecule has 1 aliphatic rings. The van der Waals surface area contributed by atoms with E-state index >= 15 is 0 Å². The monoisotopic (exact) mass is 296 g/mol. The lowest BCUT2D eigenvalue weighted by Crippen LogP contribution is -2.49. The topological polar surface area (TPSA) is 67.4 Å². The summed E-state index contributed by atoms with van der Waals surface area (Å²) in [6.07, 6.45) is -0.218. The Balaban J connectivity index is 2.07. The minimum Gasteiger partial charge on any atom is -0.444 e. The van der Waals surface area contributed by atoms with Crippen molar-refractivity contribution in [1.29, 1.82) is 0 Å². The molecule has 108 valence electrons. The molecule has 6 heteroatoms. The van der Waals surface area contributed by atoms with Gasteiger partial charge in [-0.1, -0.05) is 11.6 Å². The van der Waals surface area contributed by atoms with E-state index in [1.165, 1.54) is 0 Å². The molecule has 0 radical (unpaired) electrons. The van der Waals surface area contributed by atoms with Gasteiger partial charge in [0.05, 0.1) is 0 Å². The molecule has 2 rings (SSSR count). The Bertz CT molecular complexity index is 552. The van der Waals surface area contributed by atoms with Crippen LogP contribution in [-0.4, -0.2) is 23.6 Å². The van der Waals surface area contributed by atoms with Crippen LogP contribution in [0, 0.1) is 0 Å². The summed E-state index contributed by atoms with van der Waals surface area (Å²) in [5, 5.41) is 5.90. The molecule has 0 fully saturated rings. The van der Waals surface area contributed by atoms with E-state index < -0.39 is 17.7 Å². The summed E-state index contributed by atoms with van der Waals surface area (Å²) < 4.78 is 5.14. The summed E-state index contributed by atoms with van der Waals surface area (Å²) in [6.45, 7) is 5.30. The smallest absolute Gasteiger partial charge is 0.408 e. The Hall–Kier alpha value is -1.75. The van der Waals surface area contributed by atoms with E-state index in [4.69, 9.17) is 16.3 Å².